The van der Waals surface area contributed by atoms with Crippen molar-refractivity contribution in [2.45, 2.75) is 33.6 Å². The van der Waals surface area contributed by atoms with Gasteiger partial charge in [-0.2, -0.15) is 0 Å². The standard InChI is InChI=1S/C14H20O2/c1-14(2,3)10-12(13(15)16)9-11-7-5-4-6-8-11/h4-8,12H,9-10H2,1-3H3,(H,15,16)/t12-/m1/s1. The molecule has 88 valence electrons. The Labute approximate surface area is 97.3 Å². The molecule has 1 atom stereocenters. The lowest BCUT2D eigenvalue weighted by atomic mass is 9.82. The van der Waals surface area contributed by atoms with Crippen molar-refractivity contribution in [2.24, 2.45) is 11.3 Å². The van der Waals surface area contributed by atoms with Crippen molar-refractivity contribution in [3.63, 3.8) is 0 Å². The lowest BCUT2D eigenvalue weighted by Crippen LogP contribution is -2.22. The average Bonchev–Trinajstić information content (AvgIpc) is 2.16. The monoisotopic (exact) mass is 220 g/mol. The van der Waals surface area contributed by atoms with E-state index in [2.05, 4.69) is 20.8 Å². The molecule has 0 aliphatic carbocycles. The van der Waals surface area contributed by atoms with E-state index in [-0.39, 0.29) is 11.3 Å². The van der Waals surface area contributed by atoms with E-state index in [9.17, 15) is 9.90 Å². The van der Waals surface area contributed by atoms with Crippen LogP contribution in [0, 0.1) is 11.3 Å². The zero-order chi connectivity index (χ0) is 12.2. The Morgan fingerprint density at radius 3 is 2.25 bits per heavy atom. The van der Waals surface area contributed by atoms with Crippen LogP contribution in [0.15, 0.2) is 30.3 Å². The SMILES string of the molecule is CC(C)(C)C[C@@H](Cc1ccccc1)C(=O)O. The molecule has 1 aromatic rings. The van der Waals surface area contributed by atoms with E-state index >= 15 is 0 Å². The first-order valence-corrected chi connectivity index (χ1v) is 5.65. The Kier molecular flexibility index (Phi) is 4.11. The summed E-state index contributed by atoms with van der Waals surface area (Å²) in [6.07, 6.45) is 1.32. The van der Waals surface area contributed by atoms with Crippen LogP contribution in [0.25, 0.3) is 0 Å². The second-order valence-electron chi connectivity index (χ2n) is 5.49. The Morgan fingerprint density at radius 2 is 1.81 bits per heavy atom. The van der Waals surface area contributed by atoms with Crippen molar-refractivity contribution in [3.05, 3.63) is 35.9 Å². The van der Waals surface area contributed by atoms with Gasteiger partial charge in [0.15, 0.2) is 0 Å². The van der Waals surface area contributed by atoms with Gasteiger partial charge in [0.05, 0.1) is 5.92 Å². The van der Waals surface area contributed by atoms with Crippen molar-refractivity contribution in [2.75, 3.05) is 0 Å². The molecule has 0 unspecified atom stereocenters. The zero-order valence-electron chi connectivity index (χ0n) is 10.2. The van der Waals surface area contributed by atoms with Gasteiger partial charge in [-0.25, -0.2) is 0 Å². The first kappa shape index (κ1) is 12.8. The number of carboxylic acids is 1. The molecule has 0 spiro atoms. The predicted molar refractivity (Wildman–Crippen MR) is 65.3 cm³/mol. The minimum Gasteiger partial charge on any atom is -0.481 e. The summed E-state index contributed by atoms with van der Waals surface area (Å²) in [5.74, 6) is -0.985. The minimum absolute atomic E-state index is 0.0534. The molecule has 1 rings (SSSR count). The van der Waals surface area contributed by atoms with Gasteiger partial charge in [-0.1, -0.05) is 51.1 Å². The van der Waals surface area contributed by atoms with Crippen molar-refractivity contribution in [1.29, 1.82) is 0 Å². The highest BCUT2D eigenvalue weighted by Crippen LogP contribution is 2.26. The highest BCUT2D eigenvalue weighted by atomic mass is 16.4. The molecule has 0 aliphatic heterocycles. The number of carbonyl (C=O) groups is 1. The quantitative estimate of drug-likeness (QED) is 0.844. The van der Waals surface area contributed by atoms with E-state index in [1.807, 2.05) is 30.3 Å². The predicted octanol–water partition coefficient (Wildman–Crippen LogP) is 3.37. The van der Waals surface area contributed by atoms with E-state index in [1.165, 1.54) is 0 Å². The summed E-state index contributed by atoms with van der Waals surface area (Å²) in [6, 6.07) is 9.82. The van der Waals surface area contributed by atoms with Crippen LogP contribution in [0.1, 0.15) is 32.8 Å². The van der Waals surface area contributed by atoms with Crippen LogP contribution in [0.3, 0.4) is 0 Å². The number of benzene rings is 1. The van der Waals surface area contributed by atoms with Crippen LogP contribution in [-0.4, -0.2) is 11.1 Å². The fraction of sp³-hybridized carbons (Fsp3) is 0.500. The molecule has 2 nitrogen and oxygen atoms in total. The largest absolute Gasteiger partial charge is 0.481 e. The van der Waals surface area contributed by atoms with E-state index in [0.717, 1.165) is 5.56 Å². The molecular formula is C14H20O2. The first-order chi connectivity index (χ1) is 7.38. The number of hydrogen-bond acceptors (Lipinski definition) is 1. The van der Waals surface area contributed by atoms with E-state index in [0.29, 0.717) is 12.8 Å². The number of hydrogen-bond donors (Lipinski definition) is 1. The molecule has 0 heterocycles. The third-order valence-corrected chi connectivity index (χ3v) is 2.53. The lowest BCUT2D eigenvalue weighted by molar-refractivity contribution is -0.142. The molecule has 0 saturated carbocycles. The molecule has 0 radical (unpaired) electrons. The van der Waals surface area contributed by atoms with Gasteiger partial charge in [0.1, 0.15) is 0 Å². The second kappa shape index (κ2) is 5.15. The van der Waals surface area contributed by atoms with Crippen molar-refractivity contribution in [3.8, 4) is 0 Å². The molecular weight excluding hydrogens is 200 g/mol. The maximum Gasteiger partial charge on any atom is 0.306 e. The van der Waals surface area contributed by atoms with Gasteiger partial charge >= 0.3 is 5.97 Å². The van der Waals surface area contributed by atoms with Gasteiger partial charge < -0.3 is 5.11 Å². The molecule has 0 bridgehead atoms. The van der Waals surface area contributed by atoms with Crippen LogP contribution >= 0.6 is 0 Å². The van der Waals surface area contributed by atoms with Crippen molar-refractivity contribution >= 4 is 5.97 Å². The molecule has 16 heavy (non-hydrogen) atoms. The fourth-order valence-electron chi connectivity index (χ4n) is 1.88. The molecule has 0 fully saturated rings. The van der Waals surface area contributed by atoms with Crippen LogP contribution in [0.5, 0.6) is 0 Å². The molecule has 2 heteroatoms. The second-order valence-corrected chi connectivity index (χ2v) is 5.49. The summed E-state index contributed by atoms with van der Waals surface area (Å²) in [7, 11) is 0. The van der Waals surface area contributed by atoms with Gasteiger partial charge in [-0.05, 0) is 23.8 Å². The number of rotatable bonds is 4. The lowest BCUT2D eigenvalue weighted by Gasteiger charge is -2.23. The third-order valence-electron chi connectivity index (χ3n) is 2.53. The molecule has 0 aromatic heterocycles. The molecule has 0 amide bonds. The fourth-order valence-corrected chi connectivity index (χ4v) is 1.88. The van der Waals surface area contributed by atoms with Crippen LogP contribution in [-0.2, 0) is 11.2 Å². The Morgan fingerprint density at radius 1 is 1.25 bits per heavy atom. The summed E-state index contributed by atoms with van der Waals surface area (Å²) in [5.41, 5.74) is 1.15. The smallest absolute Gasteiger partial charge is 0.306 e. The van der Waals surface area contributed by atoms with Gasteiger partial charge in [0, 0.05) is 0 Å². The summed E-state index contributed by atoms with van der Waals surface area (Å²) in [5, 5.41) is 9.20. The summed E-state index contributed by atoms with van der Waals surface area (Å²) >= 11 is 0. The molecule has 1 N–H and O–H groups in total. The van der Waals surface area contributed by atoms with Gasteiger partial charge in [0.2, 0.25) is 0 Å². The Bertz CT molecular complexity index is 336. The Hall–Kier alpha value is -1.31. The van der Waals surface area contributed by atoms with Gasteiger partial charge in [0.25, 0.3) is 0 Å². The van der Waals surface area contributed by atoms with Crippen molar-refractivity contribution < 1.29 is 9.90 Å². The van der Waals surface area contributed by atoms with E-state index < -0.39 is 5.97 Å². The Balaban J connectivity index is 2.70. The molecule has 1 aromatic carbocycles. The maximum absolute atomic E-state index is 11.2. The summed E-state index contributed by atoms with van der Waals surface area (Å²) in [4.78, 5) is 11.2. The van der Waals surface area contributed by atoms with Crippen LogP contribution in [0.2, 0.25) is 0 Å². The minimum atomic E-state index is -0.696. The normalized spacial score (nSPS) is 13.4. The van der Waals surface area contributed by atoms with E-state index in [1.54, 1.807) is 0 Å². The van der Waals surface area contributed by atoms with Crippen LogP contribution < -0.4 is 0 Å². The first-order valence-electron chi connectivity index (χ1n) is 5.65. The highest BCUT2D eigenvalue weighted by Gasteiger charge is 2.24. The maximum atomic E-state index is 11.2. The van der Waals surface area contributed by atoms with Crippen LogP contribution in [0.4, 0.5) is 0 Å². The number of aliphatic carboxylic acids is 1. The van der Waals surface area contributed by atoms with Crippen molar-refractivity contribution in [1.82, 2.24) is 0 Å². The highest BCUT2D eigenvalue weighted by molar-refractivity contribution is 5.70. The third kappa shape index (κ3) is 4.47. The number of carboxylic acid groups (broad SMARTS) is 1. The summed E-state index contributed by atoms with van der Waals surface area (Å²) in [6.45, 7) is 6.23. The average molecular weight is 220 g/mol. The summed E-state index contributed by atoms with van der Waals surface area (Å²) < 4.78 is 0. The van der Waals surface area contributed by atoms with E-state index in [4.69, 9.17) is 0 Å². The zero-order valence-corrected chi connectivity index (χ0v) is 10.2. The molecule has 0 saturated heterocycles. The van der Waals surface area contributed by atoms with Gasteiger partial charge in [-0.15, -0.1) is 0 Å². The van der Waals surface area contributed by atoms with Gasteiger partial charge in [-0.3, -0.25) is 4.79 Å². The topological polar surface area (TPSA) is 37.3 Å². The molecule has 0 aliphatic rings.